The van der Waals surface area contributed by atoms with Crippen LogP contribution in [-0.2, 0) is 0 Å². The fourth-order valence-corrected chi connectivity index (χ4v) is 1.61. The van der Waals surface area contributed by atoms with Crippen molar-refractivity contribution in [1.82, 2.24) is 10.2 Å². The van der Waals surface area contributed by atoms with Crippen LogP contribution >= 0.6 is 11.6 Å². The van der Waals surface area contributed by atoms with Gasteiger partial charge in [-0.05, 0) is 6.07 Å². The number of carbonyl (C=O) groups is 1. The number of carboxylic acid groups (broad SMARTS) is 1. The smallest absolute Gasteiger partial charge is 0.357 e. The van der Waals surface area contributed by atoms with E-state index in [1.165, 1.54) is 6.07 Å². The second-order valence-electron chi connectivity index (χ2n) is 2.98. The number of aromatic nitrogens is 2. The van der Waals surface area contributed by atoms with Gasteiger partial charge in [-0.2, -0.15) is 5.10 Å². The lowest BCUT2D eigenvalue weighted by Gasteiger charge is -1.95. The Morgan fingerprint density at radius 2 is 2.25 bits per heavy atom. The molecule has 1 aromatic heterocycles. The van der Waals surface area contributed by atoms with Crippen LogP contribution in [0.4, 0.5) is 5.69 Å². The number of hydrogen-bond acceptors (Lipinski definition) is 4. The van der Waals surface area contributed by atoms with Gasteiger partial charge in [0.15, 0.2) is 5.69 Å². The summed E-state index contributed by atoms with van der Waals surface area (Å²) in [4.78, 5) is 20.9. The van der Waals surface area contributed by atoms with E-state index >= 15 is 0 Å². The van der Waals surface area contributed by atoms with Crippen LogP contribution < -0.4 is 0 Å². The van der Waals surface area contributed by atoms with Crippen LogP contribution in [0.25, 0.3) is 10.9 Å². The van der Waals surface area contributed by atoms with E-state index < -0.39 is 16.6 Å². The number of halogens is 1. The molecule has 0 atom stereocenters. The maximum absolute atomic E-state index is 10.8. The van der Waals surface area contributed by atoms with Gasteiger partial charge in [0, 0.05) is 11.1 Å². The first-order valence-electron chi connectivity index (χ1n) is 4.06. The van der Waals surface area contributed by atoms with Crippen molar-refractivity contribution in [2.75, 3.05) is 0 Å². The van der Waals surface area contributed by atoms with Crippen molar-refractivity contribution in [2.45, 2.75) is 0 Å². The summed E-state index contributed by atoms with van der Waals surface area (Å²) in [7, 11) is 0. The third-order valence-electron chi connectivity index (χ3n) is 2.01. The maximum atomic E-state index is 10.8. The Labute approximate surface area is 92.8 Å². The van der Waals surface area contributed by atoms with Crippen molar-refractivity contribution >= 4 is 34.2 Å². The Morgan fingerprint density at radius 3 is 2.81 bits per heavy atom. The number of non-ortho nitro benzene ring substituents is 1. The molecule has 2 rings (SSSR count). The Balaban J connectivity index is 2.90. The van der Waals surface area contributed by atoms with Gasteiger partial charge in [0.05, 0.1) is 10.4 Å². The van der Waals surface area contributed by atoms with Crippen LogP contribution in [0, 0.1) is 10.1 Å². The summed E-state index contributed by atoms with van der Waals surface area (Å²) in [5.41, 5.74) is -0.552. The van der Waals surface area contributed by atoms with Gasteiger partial charge in [-0.15, -0.1) is 0 Å². The number of benzene rings is 1. The monoisotopic (exact) mass is 241 g/mol. The number of nitrogens with zero attached hydrogens (tertiary/aromatic N) is 2. The molecular formula is C8H4ClN3O4. The number of fused-ring (bicyclic) bond motifs is 1. The van der Waals surface area contributed by atoms with Gasteiger partial charge in [-0.1, -0.05) is 11.6 Å². The van der Waals surface area contributed by atoms with E-state index in [2.05, 4.69) is 10.2 Å². The number of nitro benzene ring substituents is 1. The Kier molecular flexibility index (Phi) is 2.24. The van der Waals surface area contributed by atoms with E-state index in [0.717, 1.165) is 6.07 Å². The lowest BCUT2D eigenvalue weighted by Crippen LogP contribution is -1.99. The van der Waals surface area contributed by atoms with Gasteiger partial charge >= 0.3 is 5.97 Å². The molecule has 0 bridgehead atoms. The zero-order valence-electron chi connectivity index (χ0n) is 7.60. The molecule has 0 aliphatic heterocycles. The Bertz CT molecular complexity index is 607. The number of aromatic amines is 1. The fraction of sp³-hybridized carbons (Fsp3) is 0. The Hall–Kier alpha value is -2.15. The highest BCUT2D eigenvalue weighted by Gasteiger charge is 2.23. The van der Waals surface area contributed by atoms with E-state index in [4.69, 9.17) is 16.7 Å². The minimum Gasteiger partial charge on any atom is -0.476 e. The maximum Gasteiger partial charge on any atom is 0.357 e. The van der Waals surface area contributed by atoms with E-state index in [1.807, 2.05) is 0 Å². The molecule has 0 saturated carbocycles. The van der Waals surface area contributed by atoms with Crippen LogP contribution in [0.5, 0.6) is 0 Å². The number of carboxylic acids is 1. The molecule has 0 spiro atoms. The van der Waals surface area contributed by atoms with E-state index in [0.29, 0.717) is 0 Å². The molecule has 2 aromatic rings. The lowest BCUT2D eigenvalue weighted by molar-refractivity contribution is -0.383. The average Bonchev–Trinajstić information content (AvgIpc) is 2.59. The highest BCUT2D eigenvalue weighted by atomic mass is 35.5. The van der Waals surface area contributed by atoms with Crippen molar-refractivity contribution in [1.29, 1.82) is 0 Å². The predicted octanol–water partition coefficient (Wildman–Crippen LogP) is 1.82. The molecule has 7 nitrogen and oxygen atoms in total. The minimum atomic E-state index is -1.34. The van der Waals surface area contributed by atoms with Crippen molar-refractivity contribution in [3.63, 3.8) is 0 Å². The molecule has 0 unspecified atom stereocenters. The SMILES string of the molecule is O=C(O)c1n[nH]c2cc(Cl)cc([N+](=O)[O-])c12. The van der Waals surface area contributed by atoms with Gasteiger partial charge in [0.1, 0.15) is 5.39 Å². The van der Waals surface area contributed by atoms with Crippen LogP contribution in [0.3, 0.4) is 0 Å². The summed E-state index contributed by atoms with van der Waals surface area (Å²) in [5.74, 6) is -1.34. The molecule has 8 heteroatoms. The molecule has 0 amide bonds. The summed E-state index contributed by atoms with van der Waals surface area (Å²) in [6.45, 7) is 0. The van der Waals surface area contributed by atoms with Crippen molar-refractivity contribution in [2.24, 2.45) is 0 Å². The van der Waals surface area contributed by atoms with Crippen molar-refractivity contribution < 1.29 is 14.8 Å². The summed E-state index contributed by atoms with van der Waals surface area (Å²) >= 11 is 5.66. The van der Waals surface area contributed by atoms with E-state index in [-0.39, 0.29) is 21.6 Å². The molecule has 2 N–H and O–H groups in total. The summed E-state index contributed by atoms with van der Waals surface area (Å²) in [6.07, 6.45) is 0. The first kappa shape index (κ1) is 10.4. The first-order valence-corrected chi connectivity index (χ1v) is 4.44. The quantitative estimate of drug-likeness (QED) is 0.616. The second kappa shape index (κ2) is 3.46. The molecule has 82 valence electrons. The van der Waals surface area contributed by atoms with Gasteiger partial charge in [-0.3, -0.25) is 15.2 Å². The zero-order valence-corrected chi connectivity index (χ0v) is 8.35. The van der Waals surface area contributed by atoms with Gasteiger partial charge in [0.2, 0.25) is 0 Å². The summed E-state index contributed by atoms with van der Waals surface area (Å²) in [6, 6.07) is 2.47. The molecule has 1 heterocycles. The number of nitro groups is 1. The zero-order chi connectivity index (χ0) is 11.9. The third kappa shape index (κ3) is 1.47. The number of H-pyrrole nitrogens is 1. The number of aromatic carboxylic acids is 1. The molecule has 1 aromatic carbocycles. The number of hydrogen-bond donors (Lipinski definition) is 2. The van der Waals surface area contributed by atoms with Gasteiger partial charge in [0.25, 0.3) is 5.69 Å². The molecule has 0 radical (unpaired) electrons. The molecule has 0 fully saturated rings. The molecule has 0 aliphatic carbocycles. The number of rotatable bonds is 2. The van der Waals surface area contributed by atoms with E-state index in [1.54, 1.807) is 0 Å². The first-order chi connectivity index (χ1) is 7.50. The molecule has 0 aliphatic rings. The predicted molar refractivity (Wildman–Crippen MR) is 54.7 cm³/mol. The Morgan fingerprint density at radius 1 is 1.56 bits per heavy atom. The van der Waals surface area contributed by atoms with Crippen LogP contribution in [0.15, 0.2) is 12.1 Å². The molecular weight excluding hydrogens is 238 g/mol. The summed E-state index contributed by atoms with van der Waals surface area (Å²) < 4.78 is 0. The fourth-order valence-electron chi connectivity index (χ4n) is 1.40. The highest BCUT2D eigenvalue weighted by molar-refractivity contribution is 6.31. The minimum absolute atomic E-state index is 0.0538. The van der Waals surface area contributed by atoms with Crippen LogP contribution in [0.2, 0.25) is 5.02 Å². The van der Waals surface area contributed by atoms with E-state index in [9.17, 15) is 14.9 Å². The summed E-state index contributed by atoms with van der Waals surface area (Å²) in [5, 5.41) is 25.5. The van der Waals surface area contributed by atoms with Gasteiger partial charge in [-0.25, -0.2) is 4.79 Å². The van der Waals surface area contributed by atoms with Crippen molar-refractivity contribution in [3.05, 3.63) is 33.0 Å². The molecule has 0 saturated heterocycles. The van der Waals surface area contributed by atoms with Crippen LogP contribution in [0.1, 0.15) is 10.5 Å². The van der Waals surface area contributed by atoms with Crippen LogP contribution in [-0.4, -0.2) is 26.2 Å². The topological polar surface area (TPSA) is 109 Å². The van der Waals surface area contributed by atoms with Crippen molar-refractivity contribution in [3.8, 4) is 0 Å². The largest absolute Gasteiger partial charge is 0.476 e. The normalized spacial score (nSPS) is 10.6. The second-order valence-corrected chi connectivity index (χ2v) is 3.42. The third-order valence-corrected chi connectivity index (χ3v) is 2.22. The number of nitrogens with one attached hydrogen (secondary N) is 1. The lowest BCUT2D eigenvalue weighted by atomic mass is 10.1. The molecule has 16 heavy (non-hydrogen) atoms. The van der Waals surface area contributed by atoms with Gasteiger partial charge < -0.3 is 5.11 Å². The standard InChI is InChI=1S/C8H4ClN3O4/c9-3-1-4-6(5(2-3)12(15)16)7(8(13)14)11-10-4/h1-2H,(H,10,11)(H,13,14). The average molecular weight is 242 g/mol. The highest BCUT2D eigenvalue weighted by Crippen LogP contribution is 2.30.